The Labute approximate surface area is 146 Å². The summed E-state index contributed by atoms with van der Waals surface area (Å²) in [6.07, 6.45) is 2.68. The summed E-state index contributed by atoms with van der Waals surface area (Å²) >= 11 is 0. The van der Waals surface area contributed by atoms with Gasteiger partial charge in [0.05, 0.1) is 0 Å². The summed E-state index contributed by atoms with van der Waals surface area (Å²) < 4.78 is 28.9. The monoisotopic (exact) mass is 345 g/mol. The van der Waals surface area contributed by atoms with E-state index in [2.05, 4.69) is 5.32 Å². The zero-order valence-electron chi connectivity index (χ0n) is 13.9. The number of carbonyl (C=O) groups is 1. The second-order valence-electron chi connectivity index (χ2n) is 5.08. The maximum Gasteiger partial charge on any atom is 0.407 e. The highest BCUT2D eigenvalue weighted by Gasteiger charge is 2.03. The maximum absolute atomic E-state index is 13.9. The normalized spacial score (nSPS) is 10.6. The van der Waals surface area contributed by atoms with Crippen molar-refractivity contribution in [1.29, 1.82) is 0 Å². The van der Waals surface area contributed by atoms with E-state index in [0.717, 1.165) is 5.56 Å². The Morgan fingerprint density at radius 3 is 2.72 bits per heavy atom. The lowest BCUT2D eigenvalue weighted by Crippen LogP contribution is -2.24. The van der Waals surface area contributed by atoms with E-state index in [-0.39, 0.29) is 19.9 Å². The van der Waals surface area contributed by atoms with Crippen molar-refractivity contribution >= 4 is 12.2 Å². The van der Waals surface area contributed by atoms with Gasteiger partial charge >= 0.3 is 6.09 Å². The summed E-state index contributed by atoms with van der Waals surface area (Å²) in [6.45, 7) is 0.493. The molecule has 0 aromatic heterocycles. The predicted octanol–water partition coefficient (Wildman–Crippen LogP) is 3.75. The molecule has 25 heavy (non-hydrogen) atoms. The van der Waals surface area contributed by atoms with E-state index in [1.807, 2.05) is 30.3 Å². The summed E-state index contributed by atoms with van der Waals surface area (Å²) in [5.41, 5.74) is 1.30. The van der Waals surface area contributed by atoms with Crippen LogP contribution < -0.4 is 10.1 Å². The third-order valence-corrected chi connectivity index (χ3v) is 3.19. The first kappa shape index (κ1) is 18.5. The Bertz CT molecular complexity index is 704. The molecule has 0 aliphatic heterocycles. The van der Waals surface area contributed by atoms with Crippen molar-refractivity contribution in [2.45, 2.75) is 6.61 Å². The van der Waals surface area contributed by atoms with Gasteiger partial charge in [-0.3, -0.25) is 0 Å². The van der Waals surface area contributed by atoms with Crippen LogP contribution in [0.15, 0.2) is 54.6 Å². The first-order valence-electron chi connectivity index (χ1n) is 7.71. The molecule has 0 saturated carbocycles. The zero-order chi connectivity index (χ0) is 17.9. The molecule has 132 valence electrons. The zero-order valence-corrected chi connectivity index (χ0v) is 13.9. The van der Waals surface area contributed by atoms with Crippen LogP contribution in [0.1, 0.15) is 11.1 Å². The first-order valence-corrected chi connectivity index (χ1v) is 7.71. The molecular weight excluding hydrogens is 325 g/mol. The van der Waals surface area contributed by atoms with Crippen LogP contribution >= 0.6 is 0 Å². The van der Waals surface area contributed by atoms with E-state index in [9.17, 15) is 9.18 Å². The van der Waals surface area contributed by atoms with Gasteiger partial charge in [0.15, 0.2) is 6.79 Å². The van der Waals surface area contributed by atoms with E-state index >= 15 is 0 Å². The van der Waals surface area contributed by atoms with Crippen LogP contribution in [-0.2, 0) is 16.1 Å². The van der Waals surface area contributed by atoms with Crippen LogP contribution in [0.25, 0.3) is 6.08 Å². The Morgan fingerprint density at radius 2 is 2.00 bits per heavy atom. The van der Waals surface area contributed by atoms with E-state index in [0.29, 0.717) is 11.3 Å². The molecule has 0 heterocycles. The number of hydrogen-bond acceptors (Lipinski definition) is 4. The van der Waals surface area contributed by atoms with Gasteiger partial charge in [-0.2, -0.15) is 0 Å². The number of methoxy groups -OCH3 is 1. The molecule has 0 saturated heterocycles. The smallest absolute Gasteiger partial charge is 0.407 e. The molecular formula is C19H20FNO4. The van der Waals surface area contributed by atoms with Crippen molar-refractivity contribution in [2.75, 3.05) is 20.4 Å². The highest BCUT2D eigenvalue weighted by atomic mass is 19.1. The molecule has 0 spiro atoms. The number of benzene rings is 2. The number of amides is 1. The van der Waals surface area contributed by atoms with Gasteiger partial charge in [0.2, 0.25) is 0 Å². The Balaban J connectivity index is 1.74. The van der Waals surface area contributed by atoms with Gasteiger partial charge in [0.1, 0.15) is 18.2 Å². The topological polar surface area (TPSA) is 56.8 Å². The number of hydrogen-bond donors (Lipinski definition) is 1. The van der Waals surface area contributed by atoms with Crippen molar-refractivity contribution in [3.8, 4) is 5.75 Å². The lowest BCUT2D eigenvalue weighted by molar-refractivity contribution is 0.0509. The van der Waals surface area contributed by atoms with Gasteiger partial charge in [-0.05, 0) is 17.7 Å². The van der Waals surface area contributed by atoms with Crippen molar-refractivity contribution in [3.63, 3.8) is 0 Å². The van der Waals surface area contributed by atoms with Crippen molar-refractivity contribution < 1.29 is 23.4 Å². The minimum absolute atomic E-state index is 0.0592. The number of nitrogens with one attached hydrogen (secondary N) is 1. The first-order chi connectivity index (χ1) is 12.2. The molecule has 0 aliphatic rings. The van der Waals surface area contributed by atoms with Gasteiger partial charge in [0.25, 0.3) is 0 Å². The molecule has 5 nitrogen and oxygen atoms in total. The highest BCUT2D eigenvalue weighted by molar-refractivity contribution is 5.67. The molecule has 0 unspecified atom stereocenters. The SMILES string of the molecule is COCOc1ccc(C=CCNC(=O)OCc2ccccc2)c(F)c1. The van der Waals surface area contributed by atoms with Crippen LogP contribution in [0.4, 0.5) is 9.18 Å². The van der Waals surface area contributed by atoms with Crippen LogP contribution in [0.2, 0.25) is 0 Å². The molecule has 0 radical (unpaired) electrons. The summed E-state index contributed by atoms with van der Waals surface area (Å²) in [7, 11) is 1.49. The fraction of sp³-hybridized carbons (Fsp3) is 0.211. The molecule has 2 rings (SSSR count). The molecule has 0 atom stereocenters. The largest absolute Gasteiger partial charge is 0.467 e. The maximum atomic E-state index is 13.9. The molecule has 1 N–H and O–H groups in total. The van der Waals surface area contributed by atoms with Crippen molar-refractivity contribution in [2.24, 2.45) is 0 Å². The van der Waals surface area contributed by atoms with Gasteiger partial charge in [-0.25, -0.2) is 9.18 Å². The molecule has 1 amide bonds. The van der Waals surface area contributed by atoms with Gasteiger partial charge in [-0.1, -0.05) is 42.5 Å². The van der Waals surface area contributed by atoms with Crippen LogP contribution in [0.5, 0.6) is 5.75 Å². The van der Waals surface area contributed by atoms with Crippen molar-refractivity contribution in [1.82, 2.24) is 5.32 Å². The second kappa shape index (κ2) is 10.1. The van der Waals surface area contributed by atoms with Crippen molar-refractivity contribution in [3.05, 3.63) is 71.6 Å². The minimum atomic E-state index is -0.530. The summed E-state index contributed by atoms with van der Waals surface area (Å²) in [4.78, 5) is 11.6. The number of alkyl carbamates (subject to hydrolysis) is 1. The summed E-state index contributed by atoms with van der Waals surface area (Å²) in [5, 5.41) is 2.57. The Kier molecular flexibility index (Phi) is 7.46. The van der Waals surface area contributed by atoms with Gasteiger partial charge in [-0.15, -0.1) is 0 Å². The summed E-state index contributed by atoms with van der Waals surface area (Å²) in [6, 6.07) is 13.9. The van der Waals surface area contributed by atoms with Crippen LogP contribution in [0.3, 0.4) is 0 Å². The quantitative estimate of drug-likeness (QED) is 0.741. The molecule has 0 aliphatic carbocycles. The van der Waals surface area contributed by atoms with E-state index in [4.69, 9.17) is 14.2 Å². The second-order valence-corrected chi connectivity index (χ2v) is 5.08. The Morgan fingerprint density at radius 1 is 1.20 bits per heavy atom. The average Bonchev–Trinajstić information content (AvgIpc) is 2.64. The number of carbonyl (C=O) groups excluding carboxylic acids is 1. The predicted molar refractivity (Wildman–Crippen MR) is 92.6 cm³/mol. The molecule has 0 bridgehead atoms. The van der Waals surface area contributed by atoms with Crippen LogP contribution in [0, 0.1) is 5.82 Å². The fourth-order valence-corrected chi connectivity index (χ4v) is 1.96. The lowest BCUT2D eigenvalue weighted by atomic mass is 10.2. The summed E-state index contributed by atoms with van der Waals surface area (Å²) in [5.74, 6) is -0.0318. The number of ether oxygens (including phenoxy) is 3. The minimum Gasteiger partial charge on any atom is -0.467 e. The number of rotatable bonds is 8. The van der Waals surface area contributed by atoms with Gasteiger partial charge < -0.3 is 19.5 Å². The third kappa shape index (κ3) is 6.64. The van der Waals surface area contributed by atoms with E-state index in [1.54, 1.807) is 24.3 Å². The Hall–Kier alpha value is -2.86. The standard InChI is InChI=1S/C19H20FNO4/c1-23-14-25-17-10-9-16(18(20)12-17)8-5-11-21-19(22)24-13-15-6-3-2-4-7-15/h2-10,12H,11,13-14H2,1H3,(H,21,22). The molecule has 6 heteroatoms. The fourth-order valence-electron chi connectivity index (χ4n) is 1.96. The van der Waals surface area contributed by atoms with Gasteiger partial charge in [0, 0.05) is 25.3 Å². The van der Waals surface area contributed by atoms with Crippen LogP contribution in [-0.4, -0.2) is 26.5 Å². The molecule has 2 aromatic carbocycles. The third-order valence-electron chi connectivity index (χ3n) is 3.19. The number of halogens is 1. The average molecular weight is 345 g/mol. The molecule has 2 aromatic rings. The van der Waals surface area contributed by atoms with E-state index < -0.39 is 11.9 Å². The lowest BCUT2D eigenvalue weighted by Gasteiger charge is -2.06. The van der Waals surface area contributed by atoms with E-state index in [1.165, 1.54) is 13.2 Å². The molecule has 0 fully saturated rings. The highest BCUT2D eigenvalue weighted by Crippen LogP contribution is 2.17.